The summed E-state index contributed by atoms with van der Waals surface area (Å²) in [7, 11) is 0. The maximum Gasteiger partial charge on any atom is 0.140 e. The monoisotopic (exact) mass is 612 g/mol. The summed E-state index contributed by atoms with van der Waals surface area (Å²) in [5.74, 6) is 0. The number of para-hydroxylation sites is 1. The molecule has 1 aromatic heterocycles. The van der Waals surface area contributed by atoms with Crippen LogP contribution in [-0.4, -0.2) is 0 Å². The van der Waals surface area contributed by atoms with E-state index in [0.717, 1.165) is 11.2 Å². The van der Waals surface area contributed by atoms with Crippen LogP contribution < -0.4 is 0 Å². The molecule has 10 rings (SSSR count). The first-order valence-corrected chi connectivity index (χ1v) is 16.8. The lowest BCUT2D eigenvalue weighted by Gasteiger charge is -2.21. The van der Waals surface area contributed by atoms with Crippen molar-refractivity contribution in [3.63, 3.8) is 0 Å². The molecule has 0 spiro atoms. The molecule has 8 aromatic carbocycles. The molecular weight excluding hydrogens is 581 g/mol. The molecule has 0 saturated carbocycles. The molecule has 0 N–H and O–H groups in total. The van der Waals surface area contributed by atoms with Crippen LogP contribution in [0.3, 0.4) is 0 Å². The van der Waals surface area contributed by atoms with E-state index in [2.05, 4.69) is 166 Å². The number of rotatable bonds is 3. The van der Waals surface area contributed by atoms with E-state index >= 15 is 0 Å². The first-order chi connectivity index (χ1) is 23.6. The Bertz CT molecular complexity index is 2670. The minimum absolute atomic E-state index is 0.158. The molecule has 9 aromatic rings. The second kappa shape index (κ2) is 10.0. The Labute approximate surface area is 279 Å². The van der Waals surface area contributed by atoms with E-state index in [-0.39, 0.29) is 5.41 Å². The number of fused-ring (bicyclic) bond motifs is 9. The van der Waals surface area contributed by atoms with Crippen LogP contribution in [0.1, 0.15) is 25.0 Å². The molecule has 0 aliphatic heterocycles. The third-order valence-corrected chi connectivity index (χ3v) is 10.7. The first-order valence-electron chi connectivity index (χ1n) is 16.8. The summed E-state index contributed by atoms with van der Waals surface area (Å²) < 4.78 is 6.53. The number of hydrogen-bond acceptors (Lipinski definition) is 1. The molecule has 0 amide bonds. The highest BCUT2D eigenvalue weighted by atomic mass is 16.3. The average molecular weight is 613 g/mol. The molecule has 1 heterocycles. The zero-order valence-corrected chi connectivity index (χ0v) is 26.9. The van der Waals surface area contributed by atoms with E-state index in [9.17, 15) is 0 Å². The van der Waals surface area contributed by atoms with E-state index in [1.165, 1.54) is 88.0 Å². The largest absolute Gasteiger partial charge is 0.456 e. The van der Waals surface area contributed by atoms with Crippen molar-refractivity contribution in [1.82, 2.24) is 0 Å². The zero-order valence-electron chi connectivity index (χ0n) is 26.9. The minimum atomic E-state index is -0.158. The molecule has 0 radical (unpaired) electrons. The zero-order chi connectivity index (χ0) is 32.0. The van der Waals surface area contributed by atoms with E-state index in [1.807, 2.05) is 6.07 Å². The van der Waals surface area contributed by atoms with Crippen molar-refractivity contribution >= 4 is 43.5 Å². The summed E-state index contributed by atoms with van der Waals surface area (Å²) in [6, 6.07) is 57.6. The van der Waals surface area contributed by atoms with Gasteiger partial charge in [-0.15, -0.1) is 0 Å². The quantitative estimate of drug-likeness (QED) is 0.181. The molecule has 1 aliphatic rings. The highest BCUT2D eigenvalue weighted by Crippen LogP contribution is 2.53. The van der Waals surface area contributed by atoms with Crippen molar-refractivity contribution in [3.8, 4) is 44.5 Å². The molecule has 226 valence electrons. The molecule has 0 saturated heterocycles. The molecule has 1 aliphatic carbocycles. The Balaban J connectivity index is 1.11. The fourth-order valence-corrected chi connectivity index (χ4v) is 8.44. The van der Waals surface area contributed by atoms with E-state index in [1.54, 1.807) is 0 Å². The lowest BCUT2D eigenvalue weighted by molar-refractivity contribution is 0.620. The van der Waals surface area contributed by atoms with Crippen molar-refractivity contribution in [3.05, 3.63) is 169 Å². The predicted octanol–water partition coefficient (Wildman–Crippen LogP) is 13.2. The molecule has 48 heavy (non-hydrogen) atoms. The van der Waals surface area contributed by atoms with Crippen molar-refractivity contribution in [2.24, 2.45) is 0 Å². The summed E-state index contributed by atoms with van der Waals surface area (Å²) in [6.07, 6.45) is 0. The van der Waals surface area contributed by atoms with Crippen LogP contribution in [0.4, 0.5) is 0 Å². The fourth-order valence-electron chi connectivity index (χ4n) is 8.44. The van der Waals surface area contributed by atoms with Gasteiger partial charge >= 0.3 is 0 Å². The summed E-state index contributed by atoms with van der Waals surface area (Å²) in [5.41, 5.74) is 14.5. The minimum Gasteiger partial charge on any atom is -0.456 e. The van der Waals surface area contributed by atoms with E-state index < -0.39 is 0 Å². The van der Waals surface area contributed by atoms with Gasteiger partial charge in [-0.05, 0) is 89.8 Å². The van der Waals surface area contributed by atoms with Gasteiger partial charge in [0.05, 0.1) is 0 Å². The third kappa shape index (κ3) is 3.79. The van der Waals surface area contributed by atoms with Crippen LogP contribution in [-0.2, 0) is 5.41 Å². The average Bonchev–Trinajstić information content (AvgIpc) is 3.62. The van der Waals surface area contributed by atoms with Gasteiger partial charge in [-0.25, -0.2) is 0 Å². The van der Waals surface area contributed by atoms with Crippen LogP contribution in [0.25, 0.3) is 88.0 Å². The molecule has 1 heteroatoms. The van der Waals surface area contributed by atoms with Crippen molar-refractivity contribution in [1.29, 1.82) is 0 Å². The van der Waals surface area contributed by atoms with Gasteiger partial charge in [-0.2, -0.15) is 0 Å². The molecule has 0 unspecified atom stereocenters. The summed E-state index contributed by atoms with van der Waals surface area (Å²) in [5, 5.41) is 7.48. The normalized spacial score (nSPS) is 13.4. The SMILES string of the molecule is CC1(C)c2ccc(-c3ccc(-c4c5ccccc5c(-c5ccccc5)c5ccccc45)cc3)cc2-c2ccc3c(oc4ccccc43)c21. The number of benzene rings is 8. The van der Waals surface area contributed by atoms with Gasteiger partial charge in [0, 0.05) is 21.8 Å². The summed E-state index contributed by atoms with van der Waals surface area (Å²) >= 11 is 0. The lowest BCUT2D eigenvalue weighted by atomic mass is 9.81. The smallest absolute Gasteiger partial charge is 0.140 e. The Morgan fingerprint density at radius 3 is 1.56 bits per heavy atom. The van der Waals surface area contributed by atoms with Crippen LogP contribution >= 0.6 is 0 Å². The molecule has 0 fully saturated rings. The first kappa shape index (κ1) is 27.2. The second-order valence-electron chi connectivity index (χ2n) is 13.6. The third-order valence-electron chi connectivity index (χ3n) is 10.7. The van der Waals surface area contributed by atoms with Gasteiger partial charge in [0.25, 0.3) is 0 Å². The second-order valence-corrected chi connectivity index (χ2v) is 13.6. The van der Waals surface area contributed by atoms with Crippen LogP contribution in [0.5, 0.6) is 0 Å². The highest BCUT2D eigenvalue weighted by molar-refractivity contribution is 6.21. The van der Waals surface area contributed by atoms with Gasteiger partial charge < -0.3 is 4.42 Å². The Kier molecular flexibility index (Phi) is 5.69. The van der Waals surface area contributed by atoms with Gasteiger partial charge in [0.2, 0.25) is 0 Å². The van der Waals surface area contributed by atoms with Crippen molar-refractivity contribution in [2.75, 3.05) is 0 Å². The maximum atomic E-state index is 6.53. The fraction of sp³-hybridized carbons (Fsp3) is 0.0638. The van der Waals surface area contributed by atoms with E-state index in [4.69, 9.17) is 4.42 Å². The van der Waals surface area contributed by atoms with Gasteiger partial charge in [0.1, 0.15) is 11.2 Å². The number of hydrogen-bond donors (Lipinski definition) is 0. The highest BCUT2D eigenvalue weighted by Gasteiger charge is 2.38. The topological polar surface area (TPSA) is 13.1 Å². The summed E-state index contributed by atoms with van der Waals surface area (Å²) in [4.78, 5) is 0. The molecular formula is C47H32O. The predicted molar refractivity (Wildman–Crippen MR) is 203 cm³/mol. The van der Waals surface area contributed by atoms with Crippen LogP contribution in [0.2, 0.25) is 0 Å². The lowest BCUT2D eigenvalue weighted by Crippen LogP contribution is -2.15. The van der Waals surface area contributed by atoms with Crippen LogP contribution in [0.15, 0.2) is 162 Å². The Morgan fingerprint density at radius 1 is 0.396 bits per heavy atom. The van der Waals surface area contributed by atoms with Gasteiger partial charge in [-0.1, -0.05) is 153 Å². The molecule has 0 atom stereocenters. The van der Waals surface area contributed by atoms with Crippen molar-refractivity contribution in [2.45, 2.75) is 19.3 Å². The maximum absolute atomic E-state index is 6.53. The van der Waals surface area contributed by atoms with Gasteiger partial charge in [0.15, 0.2) is 0 Å². The van der Waals surface area contributed by atoms with E-state index in [0.29, 0.717) is 0 Å². The Morgan fingerprint density at radius 2 is 0.917 bits per heavy atom. The summed E-state index contributed by atoms with van der Waals surface area (Å²) in [6.45, 7) is 4.66. The standard InChI is InChI=1S/C47H32O/c1-47(2)41-27-24-32(28-40(41)38-25-26-39-33-14-10-11-19-42(33)48-46(39)45(38)47)29-20-22-31(23-21-29)44-36-17-8-6-15-34(36)43(30-12-4-3-5-13-30)35-16-7-9-18-37(35)44/h3-28H,1-2H3. The van der Waals surface area contributed by atoms with Gasteiger partial charge in [-0.3, -0.25) is 0 Å². The van der Waals surface area contributed by atoms with Crippen LogP contribution in [0, 0.1) is 0 Å². The van der Waals surface area contributed by atoms with Crippen molar-refractivity contribution < 1.29 is 4.42 Å². The molecule has 0 bridgehead atoms. The number of furan rings is 1. The Hall–Kier alpha value is -5.92. The molecule has 1 nitrogen and oxygen atoms in total.